The highest BCUT2D eigenvalue weighted by atomic mass is 35.5. The van der Waals surface area contributed by atoms with Gasteiger partial charge in [0.2, 0.25) is 0 Å². The Kier molecular flexibility index (Phi) is 3.75. The highest BCUT2D eigenvalue weighted by Gasteiger charge is 2.09. The van der Waals surface area contributed by atoms with Gasteiger partial charge < -0.3 is 15.7 Å². The van der Waals surface area contributed by atoms with E-state index in [4.69, 9.17) is 17.3 Å². The second-order valence-corrected chi connectivity index (χ2v) is 4.49. The number of phenolic OH excluding ortho intramolecular Hbond substituents is 1. The molecule has 0 aliphatic rings. The molecule has 3 N–H and O–H groups in total. The quantitative estimate of drug-likeness (QED) is 0.893. The Morgan fingerprint density at radius 1 is 1.22 bits per heavy atom. The minimum Gasteiger partial charge on any atom is -0.508 e. The van der Waals surface area contributed by atoms with E-state index in [2.05, 4.69) is 0 Å². The number of aromatic hydroxyl groups is 1. The van der Waals surface area contributed by atoms with E-state index in [0.29, 0.717) is 11.6 Å². The summed E-state index contributed by atoms with van der Waals surface area (Å²) < 4.78 is 0. The zero-order valence-corrected chi connectivity index (χ0v) is 10.9. The van der Waals surface area contributed by atoms with Crippen LogP contribution in [0.4, 0.5) is 11.4 Å². The van der Waals surface area contributed by atoms with Gasteiger partial charge in [-0.3, -0.25) is 0 Å². The number of phenols is 1. The number of anilines is 2. The third-order valence-corrected chi connectivity index (χ3v) is 3.07. The van der Waals surface area contributed by atoms with E-state index in [1.807, 2.05) is 36.2 Å². The van der Waals surface area contributed by atoms with Crippen molar-refractivity contribution in [2.45, 2.75) is 6.54 Å². The Bertz CT molecular complexity index is 557. The van der Waals surface area contributed by atoms with Crippen molar-refractivity contribution in [2.24, 2.45) is 5.73 Å². The van der Waals surface area contributed by atoms with Crippen LogP contribution in [0.1, 0.15) is 5.56 Å². The molecule has 0 heterocycles. The fourth-order valence-corrected chi connectivity index (χ4v) is 2.08. The van der Waals surface area contributed by atoms with Gasteiger partial charge in [-0.15, -0.1) is 0 Å². The molecule has 2 rings (SSSR count). The van der Waals surface area contributed by atoms with E-state index in [9.17, 15) is 5.11 Å². The molecule has 0 saturated carbocycles. The van der Waals surface area contributed by atoms with Crippen molar-refractivity contribution in [1.82, 2.24) is 0 Å². The van der Waals surface area contributed by atoms with Gasteiger partial charge in [0.05, 0.1) is 0 Å². The van der Waals surface area contributed by atoms with E-state index < -0.39 is 0 Å². The van der Waals surface area contributed by atoms with Crippen LogP contribution in [-0.2, 0) is 6.54 Å². The fourth-order valence-electron chi connectivity index (χ4n) is 1.89. The molecule has 18 heavy (non-hydrogen) atoms. The second-order valence-electron chi connectivity index (χ2n) is 4.06. The molecule has 0 aliphatic carbocycles. The van der Waals surface area contributed by atoms with Gasteiger partial charge in [-0.1, -0.05) is 17.7 Å². The molecule has 4 heteroatoms. The van der Waals surface area contributed by atoms with Crippen molar-refractivity contribution >= 4 is 23.0 Å². The lowest BCUT2D eigenvalue weighted by molar-refractivity contribution is 0.475. The molecule has 0 unspecified atom stereocenters. The van der Waals surface area contributed by atoms with Crippen LogP contribution >= 0.6 is 11.6 Å². The smallest absolute Gasteiger partial charge is 0.117 e. The standard InChI is InChI=1S/C14H15ClN2O/c1-17(12-3-2-4-13(18)8-12)14-6-5-11(15)7-10(14)9-16/h2-8,18H,9,16H2,1H3. The van der Waals surface area contributed by atoms with Gasteiger partial charge in [0.15, 0.2) is 0 Å². The molecule has 0 aliphatic heterocycles. The molecular formula is C14H15ClN2O. The molecule has 0 radical (unpaired) electrons. The molecule has 3 nitrogen and oxygen atoms in total. The van der Waals surface area contributed by atoms with Crippen molar-refractivity contribution in [1.29, 1.82) is 0 Å². The van der Waals surface area contributed by atoms with Crippen LogP contribution in [0.2, 0.25) is 5.02 Å². The van der Waals surface area contributed by atoms with Crippen LogP contribution in [-0.4, -0.2) is 12.2 Å². The highest BCUT2D eigenvalue weighted by Crippen LogP contribution is 2.30. The number of benzene rings is 2. The summed E-state index contributed by atoms with van der Waals surface area (Å²) in [6.07, 6.45) is 0. The van der Waals surface area contributed by atoms with Crippen LogP contribution in [0.5, 0.6) is 5.75 Å². The van der Waals surface area contributed by atoms with Crippen molar-refractivity contribution in [3.63, 3.8) is 0 Å². The third kappa shape index (κ3) is 2.58. The summed E-state index contributed by atoms with van der Waals surface area (Å²) in [5.41, 5.74) is 8.57. The van der Waals surface area contributed by atoms with Crippen molar-refractivity contribution in [2.75, 3.05) is 11.9 Å². The number of hydrogen-bond acceptors (Lipinski definition) is 3. The molecule has 0 amide bonds. The van der Waals surface area contributed by atoms with Crippen LogP contribution < -0.4 is 10.6 Å². The predicted octanol–water partition coefficient (Wildman–Crippen LogP) is 3.27. The van der Waals surface area contributed by atoms with E-state index in [1.165, 1.54) is 0 Å². The molecule has 2 aromatic rings. The van der Waals surface area contributed by atoms with Crippen molar-refractivity contribution < 1.29 is 5.11 Å². The zero-order chi connectivity index (χ0) is 13.1. The van der Waals surface area contributed by atoms with Crippen molar-refractivity contribution in [3.05, 3.63) is 53.1 Å². The summed E-state index contributed by atoms with van der Waals surface area (Å²) in [7, 11) is 1.93. The van der Waals surface area contributed by atoms with E-state index in [-0.39, 0.29) is 5.75 Å². The minimum absolute atomic E-state index is 0.239. The molecule has 0 spiro atoms. The maximum Gasteiger partial charge on any atom is 0.117 e. The SMILES string of the molecule is CN(c1cccc(O)c1)c1ccc(Cl)cc1CN. The van der Waals surface area contributed by atoms with Crippen LogP contribution in [0.3, 0.4) is 0 Å². The van der Waals surface area contributed by atoms with E-state index in [1.54, 1.807) is 18.2 Å². The molecule has 0 bridgehead atoms. The van der Waals surface area contributed by atoms with Gasteiger partial charge in [0.25, 0.3) is 0 Å². The number of nitrogens with zero attached hydrogens (tertiary/aromatic N) is 1. The summed E-state index contributed by atoms with van der Waals surface area (Å²) in [5.74, 6) is 0.239. The largest absolute Gasteiger partial charge is 0.508 e. The molecule has 0 atom stereocenters. The van der Waals surface area contributed by atoms with Gasteiger partial charge in [0, 0.05) is 36.1 Å². The molecule has 0 fully saturated rings. The number of rotatable bonds is 3. The molecule has 94 valence electrons. The lowest BCUT2D eigenvalue weighted by atomic mass is 10.1. The molecule has 0 aromatic heterocycles. The fraction of sp³-hybridized carbons (Fsp3) is 0.143. The average molecular weight is 263 g/mol. The Balaban J connectivity index is 2.42. The summed E-state index contributed by atoms with van der Waals surface area (Å²) in [4.78, 5) is 1.97. The predicted molar refractivity (Wildman–Crippen MR) is 75.5 cm³/mol. The van der Waals surface area contributed by atoms with Gasteiger partial charge in [-0.2, -0.15) is 0 Å². The van der Waals surface area contributed by atoms with Gasteiger partial charge in [-0.05, 0) is 35.9 Å². The number of nitrogens with two attached hydrogens (primary N) is 1. The van der Waals surface area contributed by atoms with E-state index in [0.717, 1.165) is 16.9 Å². The Morgan fingerprint density at radius 3 is 2.67 bits per heavy atom. The lowest BCUT2D eigenvalue weighted by Gasteiger charge is -2.22. The maximum absolute atomic E-state index is 9.51. The number of hydrogen-bond donors (Lipinski definition) is 2. The highest BCUT2D eigenvalue weighted by molar-refractivity contribution is 6.30. The molecule has 0 saturated heterocycles. The zero-order valence-electron chi connectivity index (χ0n) is 10.1. The summed E-state index contributed by atoms with van der Waals surface area (Å²) in [5, 5.41) is 10.2. The normalized spacial score (nSPS) is 10.4. The first-order chi connectivity index (χ1) is 8.61. The maximum atomic E-state index is 9.51. The van der Waals surface area contributed by atoms with Crippen LogP contribution in [0.25, 0.3) is 0 Å². The number of halogens is 1. The second kappa shape index (κ2) is 5.29. The Morgan fingerprint density at radius 2 is 2.00 bits per heavy atom. The van der Waals surface area contributed by atoms with Gasteiger partial charge in [-0.25, -0.2) is 0 Å². The Hall–Kier alpha value is -1.71. The third-order valence-electron chi connectivity index (χ3n) is 2.84. The Labute approximate surface area is 111 Å². The minimum atomic E-state index is 0.239. The van der Waals surface area contributed by atoms with Crippen LogP contribution in [0, 0.1) is 0 Å². The summed E-state index contributed by atoms with van der Waals surface area (Å²) >= 11 is 5.96. The van der Waals surface area contributed by atoms with Crippen LogP contribution in [0.15, 0.2) is 42.5 Å². The lowest BCUT2D eigenvalue weighted by Crippen LogP contribution is -2.13. The first-order valence-electron chi connectivity index (χ1n) is 5.63. The summed E-state index contributed by atoms with van der Waals surface area (Å²) in [6, 6.07) is 12.7. The monoisotopic (exact) mass is 262 g/mol. The average Bonchev–Trinajstić information content (AvgIpc) is 2.37. The first kappa shape index (κ1) is 12.7. The van der Waals surface area contributed by atoms with Gasteiger partial charge >= 0.3 is 0 Å². The summed E-state index contributed by atoms with van der Waals surface area (Å²) in [6.45, 7) is 0.416. The molecule has 2 aromatic carbocycles. The van der Waals surface area contributed by atoms with Gasteiger partial charge in [0.1, 0.15) is 5.75 Å². The van der Waals surface area contributed by atoms with E-state index >= 15 is 0 Å². The topological polar surface area (TPSA) is 49.5 Å². The molecular weight excluding hydrogens is 248 g/mol. The first-order valence-corrected chi connectivity index (χ1v) is 6.01. The van der Waals surface area contributed by atoms with Crippen molar-refractivity contribution in [3.8, 4) is 5.75 Å².